The molecule has 0 aliphatic heterocycles. The second-order valence-corrected chi connectivity index (χ2v) is 7.28. The maximum atomic E-state index is 12.5. The summed E-state index contributed by atoms with van der Waals surface area (Å²) in [4.78, 5) is 18.6. The summed E-state index contributed by atoms with van der Waals surface area (Å²) in [5.41, 5.74) is 3.14. The number of thiazole rings is 1. The van der Waals surface area contributed by atoms with E-state index >= 15 is 0 Å². The number of nitrogens with one attached hydrogen (secondary N) is 1. The second-order valence-electron chi connectivity index (χ2n) is 6.01. The summed E-state index contributed by atoms with van der Waals surface area (Å²) in [5.74, 6) is 1.29. The van der Waals surface area contributed by atoms with Gasteiger partial charge in [0.15, 0.2) is 16.6 Å². The van der Waals surface area contributed by atoms with Crippen molar-refractivity contribution in [1.82, 2.24) is 4.98 Å². The number of halogens is 1. The molecule has 0 atom stereocenters. The van der Waals surface area contributed by atoms with Crippen LogP contribution in [0.5, 0.6) is 11.5 Å². The molecule has 0 radical (unpaired) electrons. The van der Waals surface area contributed by atoms with E-state index in [1.807, 2.05) is 24.4 Å². The predicted molar refractivity (Wildman–Crippen MR) is 114 cm³/mol. The van der Waals surface area contributed by atoms with E-state index in [9.17, 15) is 4.79 Å². The number of aryl methyl sites for hydroxylation is 1. The molecule has 0 fully saturated rings. The largest absolute Gasteiger partial charge is 0.493 e. The Morgan fingerprint density at radius 2 is 1.79 bits per heavy atom. The Morgan fingerprint density at radius 3 is 2.43 bits per heavy atom. The van der Waals surface area contributed by atoms with Gasteiger partial charge in [0, 0.05) is 28.7 Å². The fourth-order valence-corrected chi connectivity index (χ4v) is 3.60. The summed E-state index contributed by atoms with van der Waals surface area (Å²) in [6.45, 7) is 1.95. The smallest absolute Gasteiger partial charge is 0.327 e. The van der Waals surface area contributed by atoms with E-state index in [1.165, 1.54) is 16.2 Å². The monoisotopic (exact) mass is 417 g/mol. The number of nitrogens with zero attached hydrogens (tertiary/aromatic N) is 2. The number of amides is 2. The van der Waals surface area contributed by atoms with Gasteiger partial charge in [-0.1, -0.05) is 17.7 Å². The van der Waals surface area contributed by atoms with E-state index in [2.05, 4.69) is 10.3 Å². The van der Waals surface area contributed by atoms with Gasteiger partial charge in [-0.2, -0.15) is 0 Å². The number of hydrogen-bond acceptors (Lipinski definition) is 5. The molecule has 0 saturated carbocycles. The summed E-state index contributed by atoms with van der Waals surface area (Å²) in [6.07, 6.45) is 0. The molecule has 0 spiro atoms. The normalized spacial score (nSPS) is 10.5. The molecule has 3 rings (SSSR count). The Morgan fingerprint density at radius 1 is 1.11 bits per heavy atom. The molecule has 28 heavy (non-hydrogen) atoms. The van der Waals surface area contributed by atoms with Crippen molar-refractivity contribution in [3.05, 3.63) is 52.4 Å². The molecule has 0 saturated heterocycles. The molecule has 8 heteroatoms. The molecule has 0 bridgehead atoms. The van der Waals surface area contributed by atoms with Gasteiger partial charge in [-0.05, 0) is 42.8 Å². The summed E-state index contributed by atoms with van der Waals surface area (Å²) < 4.78 is 11.0. The molecule has 0 aliphatic rings. The summed E-state index contributed by atoms with van der Waals surface area (Å²) in [6, 6.07) is 10.5. The molecular weight excluding hydrogens is 398 g/mol. The molecule has 2 aromatic carbocycles. The Balaban J connectivity index is 1.83. The number of anilines is 2. The molecule has 0 unspecified atom stereocenters. The number of carbonyl (C=O) groups is 1. The maximum Gasteiger partial charge on any atom is 0.327 e. The zero-order valence-corrected chi connectivity index (χ0v) is 17.5. The third kappa shape index (κ3) is 4.05. The van der Waals surface area contributed by atoms with Gasteiger partial charge in [0.2, 0.25) is 0 Å². The Labute approximate surface area is 172 Å². The highest BCUT2D eigenvalue weighted by Gasteiger charge is 2.19. The molecule has 1 aromatic heterocycles. The molecule has 146 valence electrons. The van der Waals surface area contributed by atoms with Crippen LogP contribution >= 0.6 is 22.9 Å². The van der Waals surface area contributed by atoms with Gasteiger partial charge < -0.3 is 14.8 Å². The van der Waals surface area contributed by atoms with Crippen LogP contribution in [0.25, 0.3) is 11.3 Å². The molecule has 1 heterocycles. The fraction of sp³-hybridized carbons (Fsp3) is 0.200. The topological polar surface area (TPSA) is 63.7 Å². The zero-order chi connectivity index (χ0) is 20.3. The minimum Gasteiger partial charge on any atom is -0.493 e. The van der Waals surface area contributed by atoms with E-state index in [1.54, 1.807) is 45.5 Å². The lowest BCUT2D eigenvalue weighted by atomic mass is 10.1. The van der Waals surface area contributed by atoms with Crippen molar-refractivity contribution >= 4 is 39.8 Å². The molecule has 0 aliphatic carbocycles. The van der Waals surface area contributed by atoms with Crippen LogP contribution in [0.2, 0.25) is 5.02 Å². The van der Waals surface area contributed by atoms with E-state index in [0.29, 0.717) is 33.0 Å². The number of carbonyl (C=O) groups excluding carboxylic acids is 1. The summed E-state index contributed by atoms with van der Waals surface area (Å²) in [7, 11) is 4.87. The third-order valence-electron chi connectivity index (χ3n) is 4.17. The van der Waals surface area contributed by atoms with Crippen molar-refractivity contribution in [2.24, 2.45) is 0 Å². The molecule has 6 nitrogen and oxygen atoms in total. The van der Waals surface area contributed by atoms with Gasteiger partial charge in [-0.25, -0.2) is 9.78 Å². The quantitative estimate of drug-likeness (QED) is 0.598. The highest BCUT2D eigenvalue weighted by atomic mass is 35.5. The second kappa shape index (κ2) is 8.50. The highest BCUT2D eigenvalue weighted by molar-refractivity contribution is 7.14. The van der Waals surface area contributed by atoms with Crippen molar-refractivity contribution in [1.29, 1.82) is 0 Å². The van der Waals surface area contributed by atoms with Crippen LogP contribution in [0.4, 0.5) is 15.6 Å². The SMILES string of the molecule is COc1c(C)ccc(-c2csc(N(C)C(=O)Nc3ccc(Cl)cc3)n2)c1OC. The van der Waals surface area contributed by atoms with Gasteiger partial charge in [0.05, 0.1) is 19.9 Å². The van der Waals surface area contributed by atoms with Crippen LogP contribution in [0.1, 0.15) is 5.56 Å². The third-order valence-corrected chi connectivity index (χ3v) is 5.34. The van der Waals surface area contributed by atoms with E-state index in [4.69, 9.17) is 21.1 Å². The van der Waals surface area contributed by atoms with Crippen molar-refractivity contribution in [3.8, 4) is 22.8 Å². The first-order valence-electron chi connectivity index (χ1n) is 8.42. The van der Waals surface area contributed by atoms with Crippen LogP contribution in [0.15, 0.2) is 41.8 Å². The fourth-order valence-electron chi connectivity index (χ4n) is 2.69. The maximum absolute atomic E-state index is 12.5. The van der Waals surface area contributed by atoms with Crippen LogP contribution in [-0.4, -0.2) is 32.3 Å². The summed E-state index contributed by atoms with van der Waals surface area (Å²) >= 11 is 7.24. The minimum absolute atomic E-state index is 0.295. The highest BCUT2D eigenvalue weighted by Crippen LogP contribution is 2.41. The van der Waals surface area contributed by atoms with Crippen LogP contribution < -0.4 is 19.7 Å². The van der Waals surface area contributed by atoms with E-state index < -0.39 is 0 Å². The van der Waals surface area contributed by atoms with Gasteiger partial charge in [0.25, 0.3) is 0 Å². The molecule has 2 amide bonds. The number of aromatic nitrogens is 1. The van der Waals surface area contributed by atoms with Crippen LogP contribution in [0.3, 0.4) is 0 Å². The lowest BCUT2D eigenvalue weighted by Crippen LogP contribution is -2.31. The number of hydrogen-bond donors (Lipinski definition) is 1. The van der Waals surface area contributed by atoms with Crippen molar-refractivity contribution < 1.29 is 14.3 Å². The number of benzene rings is 2. The lowest BCUT2D eigenvalue weighted by Gasteiger charge is -2.15. The average molecular weight is 418 g/mol. The van der Waals surface area contributed by atoms with Gasteiger partial charge >= 0.3 is 6.03 Å². The Kier molecular flexibility index (Phi) is 6.06. The zero-order valence-electron chi connectivity index (χ0n) is 15.9. The van der Waals surface area contributed by atoms with E-state index in [-0.39, 0.29) is 6.03 Å². The number of ether oxygens (including phenoxy) is 2. The van der Waals surface area contributed by atoms with Crippen LogP contribution in [-0.2, 0) is 0 Å². The first-order chi connectivity index (χ1) is 13.4. The molecule has 1 N–H and O–H groups in total. The van der Waals surface area contributed by atoms with Gasteiger partial charge in [-0.15, -0.1) is 11.3 Å². The Hall–Kier alpha value is -2.77. The number of methoxy groups -OCH3 is 2. The van der Waals surface area contributed by atoms with Gasteiger partial charge in [-0.3, -0.25) is 4.90 Å². The van der Waals surface area contributed by atoms with Gasteiger partial charge in [0.1, 0.15) is 0 Å². The molecular formula is C20H20ClN3O3S. The molecule has 3 aromatic rings. The predicted octanol–water partition coefficient (Wildman–Crippen LogP) is 5.46. The first kappa shape index (κ1) is 20.0. The van der Waals surface area contributed by atoms with Crippen molar-refractivity contribution in [2.75, 3.05) is 31.5 Å². The first-order valence-corrected chi connectivity index (χ1v) is 9.68. The lowest BCUT2D eigenvalue weighted by molar-refractivity contribution is 0.258. The van der Waals surface area contributed by atoms with Crippen molar-refractivity contribution in [3.63, 3.8) is 0 Å². The number of urea groups is 1. The summed E-state index contributed by atoms with van der Waals surface area (Å²) in [5, 5.41) is 5.87. The van der Waals surface area contributed by atoms with Crippen LogP contribution in [0, 0.1) is 6.92 Å². The number of rotatable bonds is 5. The standard InChI is InChI=1S/C20H20ClN3O3S/c1-12-5-10-15(18(27-4)17(12)26-3)16-11-28-20(23-16)24(2)19(25)22-14-8-6-13(21)7-9-14/h5-11H,1-4H3,(H,22,25). The average Bonchev–Trinajstić information content (AvgIpc) is 3.18. The van der Waals surface area contributed by atoms with Crippen molar-refractivity contribution in [2.45, 2.75) is 6.92 Å². The minimum atomic E-state index is -0.295. The van der Waals surface area contributed by atoms with E-state index in [0.717, 1.165) is 11.1 Å². The Bertz CT molecular complexity index is 989.